The quantitative estimate of drug-likeness (QED) is 0.891. The van der Waals surface area contributed by atoms with Crippen LogP contribution in [0.5, 0.6) is 0 Å². The summed E-state index contributed by atoms with van der Waals surface area (Å²) in [6, 6.07) is 11.9. The smallest absolute Gasteiger partial charge is 0.232 e. The summed E-state index contributed by atoms with van der Waals surface area (Å²) >= 11 is 1.54. The maximum atomic E-state index is 11.7. The number of amides is 1. The molecule has 0 bridgehead atoms. The molecule has 2 aromatic rings. The van der Waals surface area contributed by atoms with Crippen molar-refractivity contribution in [1.29, 1.82) is 0 Å². The summed E-state index contributed by atoms with van der Waals surface area (Å²) in [6.45, 7) is 2.45. The number of carbonyl (C=O) groups excluding carboxylic acids is 1. The molecule has 0 aliphatic carbocycles. The van der Waals surface area contributed by atoms with Crippen molar-refractivity contribution in [3.05, 3.63) is 48.4 Å². The highest BCUT2D eigenvalue weighted by Crippen LogP contribution is 2.15. The first-order valence-electron chi connectivity index (χ1n) is 6.88. The van der Waals surface area contributed by atoms with Crippen LogP contribution < -0.4 is 5.32 Å². The summed E-state index contributed by atoms with van der Waals surface area (Å²) in [7, 11) is 0. The first-order valence-corrected chi connectivity index (χ1v) is 8.17. The summed E-state index contributed by atoms with van der Waals surface area (Å²) in [4.78, 5) is 20.5. The standard InChI is InChI=1S/C16H19N3OS/c1-12(21-2)16(20)18-11-9-15-17-10-8-14(19-15)13-6-4-3-5-7-13/h3-8,10,12H,9,11H2,1-2H3,(H,18,20)/t12-/m1/s1. The fraction of sp³-hybridized carbons (Fsp3) is 0.312. The van der Waals surface area contributed by atoms with Crippen molar-refractivity contribution in [3.63, 3.8) is 0 Å². The Labute approximate surface area is 129 Å². The van der Waals surface area contributed by atoms with Crippen LogP contribution in [0.1, 0.15) is 12.7 Å². The van der Waals surface area contributed by atoms with E-state index in [1.807, 2.05) is 49.6 Å². The number of thioether (sulfide) groups is 1. The van der Waals surface area contributed by atoms with Crippen LogP contribution in [-0.4, -0.2) is 33.9 Å². The van der Waals surface area contributed by atoms with Gasteiger partial charge < -0.3 is 5.32 Å². The highest BCUT2D eigenvalue weighted by atomic mass is 32.2. The molecule has 21 heavy (non-hydrogen) atoms. The second-order valence-corrected chi connectivity index (χ2v) is 5.82. The number of aromatic nitrogens is 2. The molecule has 0 spiro atoms. The minimum atomic E-state index is -0.0263. The van der Waals surface area contributed by atoms with Gasteiger partial charge in [0.05, 0.1) is 10.9 Å². The summed E-state index contributed by atoms with van der Waals surface area (Å²) in [5.41, 5.74) is 1.98. The molecule has 5 heteroatoms. The Kier molecular flexibility index (Phi) is 5.75. The Bertz CT molecular complexity index is 589. The lowest BCUT2D eigenvalue weighted by Gasteiger charge is -2.09. The lowest BCUT2D eigenvalue weighted by atomic mass is 10.1. The van der Waals surface area contributed by atoms with Gasteiger partial charge in [-0.3, -0.25) is 4.79 Å². The van der Waals surface area contributed by atoms with Crippen LogP contribution in [0.4, 0.5) is 0 Å². The molecular formula is C16H19N3OS. The molecule has 1 aromatic heterocycles. The third-order valence-corrected chi connectivity index (χ3v) is 4.07. The van der Waals surface area contributed by atoms with Gasteiger partial charge in [0.2, 0.25) is 5.91 Å². The lowest BCUT2D eigenvalue weighted by Crippen LogP contribution is -2.32. The van der Waals surface area contributed by atoms with Crippen molar-refractivity contribution >= 4 is 17.7 Å². The zero-order chi connectivity index (χ0) is 15.1. The largest absolute Gasteiger partial charge is 0.355 e. The van der Waals surface area contributed by atoms with Gasteiger partial charge in [0.1, 0.15) is 5.82 Å². The fourth-order valence-electron chi connectivity index (χ4n) is 1.84. The average molecular weight is 301 g/mol. The molecular weight excluding hydrogens is 282 g/mol. The maximum absolute atomic E-state index is 11.7. The van der Waals surface area contributed by atoms with E-state index in [-0.39, 0.29) is 11.2 Å². The van der Waals surface area contributed by atoms with E-state index in [1.165, 1.54) is 11.8 Å². The van der Waals surface area contributed by atoms with Crippen molar-refractivity contribution in [2.24, 2.45) is 0 Å². The van der Waals surface area contributed by atoms with E-state index in [2.05, 4.69) is 15.3 Å². The molecule has 1 amide bonds. The second-order valence-electron chi connectivity index (χ2n) is 4.64. The molecule has 1 N–H and O–H groups in total. The molecule has 1 atom stereocenters. The van der Waals surface area contributed by atoms with Crippen molar-refractivity contribution in [2.75, 3.05) is 12.8 Å². The first kappa shape index (κ1) is 15.5. The van der Waals surface area contributed by atoms with E-state index in [9.17, 15) is 4.79 Å². The van der Waals surface area contributed by atoms with Crippen LogP contribution in [0.15, 0.2) is 42.6 Å². The van der Waals surface area contributed by atoms with Gasteiger partial charge in [-0.25, -0.2) is 9.97 Å². The number of nitrogens with one attached hydrogen (secondary N) is 1. The van der Waals surface area contributed by atoms with Gasteiger partial charge in [-0.15, -0.1) is 0 Å². The highest BCUT2D eigenvalue weighted by molar-refractivity contribution is 7.99. The maximum Gasteiger partial charge on any atom is 0.232 e. The normalized spacial score (nSPS) is 11.9. The molecule has 2 rings (SSSR count). The molecule has 0 saturated heterocycles. The van der Waals surface area contributed by atoms with Crippen molar-refractivity contribution in [1.82, 2.24) is 15.3 Å². The molecule has 0 aliphatic heterocycles. The van der Waals surface area contributed by atoms with Gasteiger partial charge in [0.25, 0.3) is 0 Å². The van der Waals surface area contributed by atoms with E-state index in [0.29, 0.717) is 13.0 Å². The van der Waals surface area contributed by atoms with E-state index >= 15 is 0 Å². The Hall–Kier alpha value is -1.88. The van der Waals surface area contributed by atoms with Gasteiger partial charge >= 0.3 is 0 Å². The van der Waals surface area contributed by atoms with E-state index in [0.717, 1.165) is 17.1 Å². The number of rotatable bonds is 6. The van der Waals surface area contributed by atoms with Crippen LogP contribution in [0.2, 0.25) is 0 Å². The molecule has 0 aliphatic rings. The molecule has 1 aromatic carbocycles. The second kappa shape index (κ2) is 7.78. The summed E-state index contributed by atoms with van der Waals surface area (Å²) in [6.07, 6.45) is 4.32. The molecule has 4 nitrogen and oxygen atoms in total. The monoisotopic (exact) mass is 301 g/mol. The minimum Gasteiger partial charge on any atom is -0.355 e. The number of carbonyl (C=O) groups is 1. The minimum absolute atomic E-state index is 0.0263. The van der Waals surface area contributed by atoms with Crippen molar-refractivity contribution in [3.8, 4) is 11.3 Å². The molecule has 0 unspecified atom stereocenters. The fourth-order valence-corrected chi connectivity index (χ4v) is 2.13. The Morgan fingerprint density at radius 2 is 2.05 bits per heavy atom. The Morgan fingerprint density at radius 1 is 1.29 bits per heavy atom. The third-order valence-electron chi connectivity index (χ3n) is 3.15. The van der Waals surface area contributed by atoms with Crippen LogP contribution >= 0.6 is 11.8 Å². The molecule has 0 fully saturated rings. The zero-order valence-electron chi connectivity index (χ0n) is 12.2. The van der Waals surface area contributed by atoms with Crippen LogP contribution in [0, 0.1) is 0 Å². The number of benzene rings is 1. The number of nitrogens with zero attached hydrogens (tertiary/aromatic N) is 2. The Morgan fingerprint density at radius 3 is 2.76 bits per heavy atom. The average Bonchev–Trinajstić information content (AvgIpc) is 2.55. The predicted molar refractivity (Wildman–Crippen MR) is 87.2 cm³/mol. The first-order chi connectivity index (χ1) is 10.2. The predicted octanol–water partition coefficient (Wildman–Crippen LogP) is 2.55. The Balaban J connectivity index is 1.95. The van der Waals surface area contributed by atoms with Gasteiger partial charge in [-0.1, -0.05) is 30.3 Å². The summed E-state index contributed by atoms with van der Waals surface area (Å²) < 4.78 is 0. The van der Waals surface area contributed by atoms with Crippen LogP contribution in [0.25, 0.3) is 11.3 Å². The van der Waals surface area contributed by atoms with Gasteiger partial charge in [0.15, 0.2) is 0 Å². The van der Waals surface area contributed by atoms with Gasteiger partial charge in [-0.05, 0) is 19.2 Å². The van der Waals surface area contributed by atoms with E-state index < -0.39 is 0 Å². The number of hydrogen-bond donors (Lipinski definition) is 1. The molecule has 0 radical (unpaired) electrons. The summed E-state index contributed by atoms with van der Waals surface area (Å²) in [5.74, 6) is 0.801. The van der Waals surface area contributed by atoms with Crippen molar-refractivity contribution in [2.45, 2.75) is 18.6 Å². The molecule has 0 saturated carbocycles. The number of hydrogen-bond acceptors (Lipinski definition) is 4. The van der Waals surface area contributed by atoms with Gasteiger partial charge in [-0.2, -0.15) is 11.8 Å². The highest BCUT2D eigenvalue weighted by Gasteiger charge is 2.10. The van der Waals surface area contributed by atoms with E-state index in [4.69, 9.17) is 0 Å². The van der Waals surface area contributed by atoms with Crippen molar-refractivity contribution < 1.29 is 4.79 Å². The third kappa shape index (κ3) is 4.56. The van der Waals surface area contributed by atoms with Crippen LogP contribution in [0.3, 0.4) is 0 Å². The zero-order valence-corrected chi connectivity index (χ0v) is 13.1. The van der Waals surface area contributed by atoms with Gasteiger partial charge in [0, 0.05) is 24.7 Å². The topological polar surface area (TPSA) is 54.9 Å². The van der Waals surface area contributed by atoms with Crippen LogP contribution in [-0.2, 0) is 11.2 Å². The molecule has 110 valence electrons. The molecule has 1 heterocycles. The van der Waals surface area contributed by atoms with E-state index in [1.54, 1.807) is 6.20 Å². The lowest BCUT2D eigenvalue weighted by molar-refractivity contribution is -0.120. The SMILES string of the molecule is CS[C@H](C)C(=O)NCCc1nccc(-c2ccccc2)n1. The summed E-state index contributed by atoms with van der Waals surface area (Å²) in [5, 5.41) is 2.87.